The zero-order valence-electron chi connectivity index (χ0n) is 8.74. The molecule has 0 aromatic heterocycles. The molecule has 2 N–H and O–H groups in total. The minimum atomic E-state index is 0.648. The molecule has 15 heavy (non-hydrogen) atoms. The van der Waals surface area contributed by atoms with Crippen molar-refractivity contribution in [2.75, 3.05) is 12.3 Å². The Bertz CT molecular complexity index is 392. The zero-order chi connectivity index (χ0) is 10.7. The van der Waals surface area contributed by atoms with Crippen molar-refractivity contribution in [2.24, 2.45) is 0 Å². The van der Waals surface area contributed by atoms with Gasteiger partial charge in [-0.3, -0.25) is 4.90 Å². The number of hydrogen-bond donors (Lipinski definition) is 1. The average molecular weight is 201 g/mol. The number of unbranched alkanes of at least 4 members (excludes halogenated alkanes) is 1. The zero-order valence-corrected chi connectivity index (χ0v) is 8.74. The molecule has 1 aliphatic rings. The fourth-order valence-electron chi connectivity index (χ4n) is 2.02. The molecule has 0 aliphatic carbocycles. The van der Waals surface area contributed by atoms with Crippen LogP contribution in [-0.2, 0) is 13.1 Å². The maximum absolute atomic E-state index is 8.47. The molecule has 1 heterocycles. The smallest absolute Gasteiger partial charge is 0.0622 e. The second kappa shape index (κ2) is 4.33. The molecule has 1 aliphatic heterocycles. The van der Waals surface area contributed by atoms with E-state index in [1.165, 1.54) is 11.1 Å². The van der Waals surface area contributed by atoms with E-state index in [-0.39, 0.29) is 0 Å². The van der Waals surface area contributed by atoms with Crippen molar-refractivity contribution in [3.8, 4) is 6.07 Å². The molecule has 0 amide bonds. The minimum absolute atomic E-state index is 0.648. The van der Waals surface area contributed by atoms with Crippen LogP contribution in [-0.4, -0.2) is 11.4 Å². The first-order chi connectivity index (χ1) is 7.29. The molecular weight excluding hydrogens is 186 g/mol. The number of benzene rings is 1. The standard InChI is InChI=1S/C12H15N3/c13-5-1-2-6-15-8-10-3-4-12(14)7-11(10)9-15/h3-4,7H,1-2,6,8-9,14H2. The molecular formula is C12H15N3. The van der Waals surface area contributed by atoms with Crippen LogP contribution in [0.2, 0.25) is 0 Å². The van der Waals surface area contributed by atoms with Gasteiger partial charge in [-0.25, -0.2) is 0 Å². The van der Waals surface area contributed by atoms with Crippen molar-refractivity contribution in [3.63, 3.8) is 0 Å². The van der Waals surface area contributed by atoms with Crippen molar-refractivity contribution >= 4 is 5.69 Å². The van der Waals surface area contributed by atoms with Crippen molar-refractivity contribution in [1.82, 2.24) is 4.90 Å². The summed E-state index contributed by atoms with van der Waals surface area (Å²) in [6.45, 7) is 2.98. The van der Waals surface area contributed by atoms with Gasteiger partial charge in [0.25, 0.3) is 0 Å². The number of nitriles is 1. The van der Waals surface area contributed by atoms with Gasteiger partial charge in [0.2, 0.25) is 0 Å². The Hall–Kier alpha value is -1.53. The maximum atomic E-state index is 8.47. The van der Waals surface area contributed by atoms with Crippen molar-refractivity contribution in [3.05, 3.63) is 29.3 Å². The van der Waals surface area contributed by atoms with Crippen LogP contribution in [0.3, 0.4) is 0 Å². The normalized spacial score (nSPS) is 14.9. The third kappa shape index (κ3) is 2.28. The first kappa shape index (κ1) is 10.0. The third-order valence-corrected chi connectivity index (χ3v) is 2.78. The van der Waals surface area contributed by atoms with Gasteiger partial charge in [0.1, 0.15) is 0 Å². The van der Waals surface area contributed by atoms with Crippen LogP contribution in [0.25, 0.3) is 0 Å². The van der Waals surface area contributed by atoms with Gasteiger partial charge in [-0.15, -0.1) is 0 Å². The van der Waals surface area contributed by atoms with E-state index in [1.54, 1.807) is 0 Å². The largest absolute Gasteiger partial charge is 0.399 e. The second-order valence-corrected chi connectivity index (χ2v) is 4.00. The number of fused-ring (bicyclic) bond motifs is 1. The first-order valence-electron chi connectivity index (χ1n) is 5.26. The molecule has 0 bridgehead atoms. The Morgan fingerprint density at radius 1 is 1.33 bits per heavy atom. The Labute approximate surface area is 90.1 Å². The van der Waals surface area contributed by atoms with Crippen molar-refractivity contribution < 1.29 is 0 Å². The number of hydrogen-bond acceptors (Lipinski definition) is 3. The highest BCUT2D eigenvalue weighted by molar-refractivity contribution is 5.46. The summed E-state index contributed by atoms with van der Waals surface area (Å²) in [4.78, 5) is 2.36. The van der Waals surface area contributed by atoms with Crippen LogP contribution >= 0.6 is 0 Å². The molecule has 2 rings (SSSR count). The number of nitrogens with zero attached hydrogens (tertiary/aromatic N) is 2. The van der Waals surface area contributed by atoms with Gasteiger partial charge in [0.15, 0.2) is 0 Å². The van der Waals surface area contributed by atoms with E-state index in [4.69, 9.17) is 11.0 Å². The highest BCUT2D eigenvalue weighted by atomic mass is 15.1. The fourth-order valence-corrected chi connectivity index (χ4v) is 2.02. The summed E-state index contributed by atoms with van der Waals surface area (Å²) in [6.07, 6.45) is 1.61. The van der Waals surface area contributed by atoms with Gasteiger partial charge < -0.3 is 5.73 Å². The lowest BCUT2D eigenvalue weighted by Gasteiger charge is -2.12. The van der Waals surface area contributed by atoms with Gasteiger partial charge in [0, 0.05) is 25.2 Å². The predicted molar refractivity (Wildman–Crippen MR) is 59.8 cm³/mol. The lowest BCUT2D eigenvalue weighted by Crippen LogP contribution is -2.17. The van der Waals surface area contributed by atoms with E-state index in [9.17, 15) is 0 Å². The Kier molecular flexibility index (Phi) is 2.89. The van der Waals surface area contributed by atoms with Crippen LogP contribution in [0.1, 0.15) is 24.0 Å². The monoisotopic (exact) mass is 201 g/mol. The summed E-state index contributed by atoms with van der Waals surface area (Å²) in [5.41, 5.74) is 9.29. The summed E-state index contributed by atoms with van der Waals surface area (Å²) < 4.78 is 0. The van der Waals surface area contributed by atoms with E-state index < -0.39 is 0 Å². The van der Waals surface area contributed by atoms with Crippen LogP contribution in [0, 0.1) is 11.3 Å². The third-order valence-electron chi connectivity index (χ3n) is 2.78. The van der Waals surface area contributed by atoms with Crippen LogP contribution in [0.5, 0.6) is 0 Å². The number of rotatable bonds is 3. The Morgan fingerprint density at radius 3 is 2.93 bits per heavy atom. The molecule has 0 radical (unpaired) electrons. The lowest BCUT2D eigenvalue weighted by molar-refractivity contribution is 0.281. The number of anilines is 1. The molecule has 3 heteroatoms. The van der Waals surface area contributed by atoms with Gasteiger partial charge in [-0.05, 0) is 36.2 Å². The van der Waals surface area contributed by atoms with E-state index in [2.05, 4.69) is 23.1 Å². The Morgan fingerprint density at radius 2 is 2.13 bits per heavy atom. The SMILES string of the molecule is N#CCCCN1Cc2ccc(N)cc2C1. The summed E-state index contributed by atoms with van der Waals surface area (Å²) in [6, 6.07) is 8.29. The quantitative estimate of drug-likeness (QED) is 0.600. The molecule has 0 saturated heterocycles. The topological polar surface area (TPSA) is 53.0 Å². The van der Waals surface area contributed by atoms with Gasteiger partial charge in [-0.2, -0.15) is 5.26 Å². The Balaban J connectivity index is 1.95. The van der Waals surface area contributed by atoms with Crippen LogP contribution in [0.4, 0.5) is 5.69 Å². The average Bonchev–Trinajstić information content (AvgIpc) is 2.60. The molecule has 0 atom stereocenters. The molecule has 1 aromatic rings. The number of nitrogen functional groups attached to an aromatic ring is 1. The fraction of sp³-hybridized carbons (Fsp3) is 0.417. The summed E-state index contributed by atoms with van der Waals surface area (Å²) in [7, 11) is 0. The van der Waals surface area contributed by atoms with Crippen LogP contribution in [0.15, 0.2) is 18.2 Å². The number of nitrogens with two attached hydrogens (primary N) is 1. The molecule has 78 valence electrons. The first-order valence-corrected chi connectivity index (χ1v) is 5.26. The van der Waals surface area contributed by atoms with E-state index >= 15 is 0 Å². The summed E-state index contributed by atoms with van der Waals surface area (Å²) in [5.74, 6) is 0. The highest BCUT2D eigenvalue weighted by Crippen LogP contribution is 2.24. The van der Waals surface area contributed by atoms with Gasteiger partial charge in [-0.1, -0.05) is 6.07 Å². The van der Waals surface area contributed by atoms with Gasteiger partial charge >= 0.3 is 0 Å². The van der Waals surface area contributed by atoms with Crippen molar-refractivity contribution in [2.45, 2.75) is 25.9 Å². The lowest BCUT2D eigenvalue weighted by atomic mass is 10.1. The molecule has 0 fully saturated rings. The molecule has 3 nitrogen and oxygen atoms in total. The molecule has 0 saturated carbocycles. The summed E-state index contributed by atoms with van der Waals surface area (Å²) in [5, 5.41) is 8.47. The molecule has 0 unspecified atom stereocenters. The second-order valence-electron chi connectivity index (χ2n) is 4.00. The van der Waals surface area contributed by atoms with E-state index in [1.807, 2.05) is 6.07 Å². The van der Waals surface area contributed by atoms with E-state index in [0.717, 1.165) is 31.7 Å². The molecule has 1 aromatic carbocycles. The van der Waals surface area contributed by atoms with Crippen LogP contribution < -0.4 is 5.73 Å². The van der Waals surface area contributed by atoms with Gasteiger partial charge in [0.05, 0.1) is 6.07 Å². The van der Waals surface area contributed by atoms with E-state index in [0.29, 0.717) is 6.42 Å². The predicted octanol–water partition coefficient (Wildman–Crippen LogP) is 1.89. The summed E-state index contributed by atoms with van der Waals surface area (Å²) >= 11 is 0. The molecule has 0 spiro atoms. The maximum Gasteiger partial charge on any atom is 0.0622 e. The minimum Gasteiger partial charge on any atom is -0.399 e. The van der Waals surface area contributed by atoms with Crippen molar-refractivity contribution in [1.29, 1.82) is 5.26 Å². The highest BCUT2D eigenvalue weighted by Gasteiger charge is 2.17.